The molecule has 7 heteroatoms. The van der Waals surface area contributed by atoms with Crippen molar-refractivity contribution in [3.63, 3.8) is 0 Å². The molecule has 1 saturated heterocycles. The van der Waals surface area contributed by atoms with Gasteiger partial charge in [0.15, 0.2) is 5.96 Å². The number of halogens is 1. The van der Waals surface area contributed by atoms with Gasteiger partial charge in [-0.25, -0.2) is 4.98 Å². The maximum absolute atomic E-state index is 5.46. The van der Waals surface area contributed by atoms with E-state index in [2.05, 4.69) is 45.4 Å². The van der Waals surface area contributed by atoms with E-state index in [1.165, 1.54) is 5.56 Å². The standard InChI is InChI=1S/C18H25N5O.HI/c1-19-18(22(2)12-15-7-10-24-13-15)21-11-16-5-3-4-6-17(16)23-9-8-20-14-23;/h3-6,8-9,14-15H,7,10-13H2,1-2H3,(H,19,21);1H. The largest absolute Gasteiger partial charge is 0.381 e. The quantitative estimate of drug-likeness (QED) is 0.428. The molecule has 1 N–H and O–H groups in total. The van der Waals surface area contributed by atoms with E-state index in [1.807, 2.05) is 30.2 Å². The third-order valence-corrected chi connectivity index (χ3v) is 4.34. The Hall–Kier alpha value is -1.61. The van der Waals surface area contributed by atoms with Crippen LogP contribution in [0.15, 0.2) is 48.0 Å². The average Bonchev–Trinajstić information content (AvgIpc) is 3.29. The van der Waals surface area contributed by atoms with Crippen LogP contribution in [0.1, 0.15) is 12.0 Å². The number of para-hydroxylation sites is 1. The topological polar surface area (TPSA) is 54.7 Å². The maximum Gasteiger partial charge on any atom is 0.193 e. The van der Waals surface area contributed by atoms with Gasteiger partial charge in [0, 0.05) is 52.1 Å². The van der Waals surface area contributed by atoms with Crippen molar-refractivity contribution in [2.75, 3.05) is 33.9 Å². The van der Waals surface area contributed by atoms with Crippen LogP contribution in [0.25, 0.3) is 5.69 Å². The van der Waals surface area contributed by atoms with E-state index in [0.29, 0.717) is 12.5 Å². The SMILES string of the molecule is CN=C(NCc1ccccc1-n1ccnc1)N(C)CC1CCOC1.I. The van der Waals surface area contributed by atoms with E-state index in [1.54, 1.807) is 6.20 Å². The summed E-state index contributed by atoms with van der Waals surface area (Å²) in [7, 11) is 3.90. The number of nitrogens with one attached hydrogen (secondary N) is 1. The number of aromatic nitrogens is 2. The summed E-state index contributed by atoms with van der Waals surface area (Å²) in [4.78, 5) is 10.7. The zero-order valence-electron chi connectivity index (χ0n) is 14.8. The highest BCUT2D eigenvalue weighted by molar-refractivity contribution is 14.0. The molecular formula is C18H26IN5O. The van der Waals surface area contributed by atoms with Gasteiger partial charge in [-0.05, 0) is 18.1 Å². The van der Waals surface area contributed by atoms with Gasteiger partial charge in [-0.1, -0.05) is 18.2 Å². The second-order valence-corrected chi connectivity index (χ2v) is 6.11. The minimum atomic E-state index is 0. The van der Waals surface area contributed by atoms with E-state index in [-0.39, 0.29) is 24.0 Å². The second-order valence-electron chi connectivity index (χ2n) is 6.11. The van der Waals surface area contributed by atoms with Gasteiger partial charge in [0.25, 0.3) is 0 Å². The first-order chi connectivity index (χ1) is 11.8. The van der Waals surface area contributed by atoms with Crippen LogP contribution in [0.4, 0.5) is 0 Å². The molecule has 1 aliphatic rings. The molecule has 3 rings (SSSR count). The number of hydrogen-bond donors (Lipinski definition) is 1. The fourth-order valence-corrected chi connectivity index (χ4v) is 3.07. The number of hydrogen-bond acceptors (Lipinski definition) is 3. The van der Waals surface area contributed by atoms with Crippen LogP contribution in [0.2, 0.25) is 0 Å². The Morgan fingerprint density at radius 1 is 1.44 bits per heavy atom. The Labute approximate surface area is 166 Å². The molecular weight excluding hydrogens is 429 g/mol. The molecule has 1 unspecified atom stereocenters. The van der Waals surface area contributed by atoms with E-state index < -0.39 is 0 Å². The van der Waals surface area contributed by atoms with Crippen molar-refractivity contribution >= 4 is 29.9 Å². The third-order valence-electron chi connectivity index (χ3n) is 4.34. The Bertz CT molecular complexity index is 668. The van der Waals surface area contributed by atoms with Crippen LogP contribution in [0.5, 0.6) is 0 Å². The molecule has 2 aromatic rings. The molecule has 1 aromatic carbocycles. The first-order valence-electron chi connectivity index (χ1n) is 8.33. The molecule has 25 heavy (non-hydrogen) atoms. The van der Waals surface area contributed by atoms with Gasteiger partial charge in [-0.3, -0.25) is 4.99 Å². The molecule has 0 spiro atoms. The normalized spacial score (nSPS) is 17.2. The van der Waals surface area contributed by atoms with E-state index in [0.717, 1.165) is 37.8 Å². The van der Waals surface area contributed by atoms with E-state index >= 15 is 0 Å². The van der Waals surface area contributed by atoms with Crippen molar-refractivity contribution in [2.45, 2.75) is 13.0 Å². The first kappa shape index (κ1) is 19.7. The summed E-state index contributed by atoms with van der Waals surface area (Å²) in [6.45, 7) is 3.41. The summed E-state index contributed by atoms with van der Waals surface area (Å²) in [5.41, 5.74) is 2.33. The van der Waals surface area contributed by atoms with Gasteiger partial charge in [-0.2, -0.15) is 0 Å². The molecule has 6 nitrogen and oxygen atoms in total. The summed E-state index contributed by atoms with van der Waals surface area (Å²) >= 11 is 0. The first-order valence-corrected chi connectivity index (χ1v) is 8.33. The lowest BCUT2D eigenvalue weighted by molar-refractivity contribution is 0.181. The number of nitrogens with zero attached hydrogens (tertiary/aromatic N) is 4. The van der Waals surface area contributed by atoms with Crippen LogP contribution in [-0.2, 0) is 11.3 Å². The van der Waals surface area contributed by atoms with Crippen molar-refractivity contribution in [1.29, 1.82) is 0 Å². The fourth-order valence-electron chi connectivity index (χ4n) is 3.07. The lowest BCUT2D eigenvalue weighted by Gasteiger charge is -2.25. The van der Waals surface area contributed by atoms with E-state index in [9.17, 15) is 0 Å². The molecule has 2 heterocycles. The minimum absolute atomic E-state index is 0. The van der Waals surface area contributed by atoms with E-state index in [4.69, 9.17) is 4.74 Å². The van der Waals surface area contributed by atoms with Crippen LogP contribution in [-0.4, -0.2) is 54.3 Å². The van der Waals surface area contributed by atoms with Crippen molar-refractivity contribution in [2.24, 2.45) is 10.9 Å². The number of imidazole rings is 1. The molecule has 0 saturated carbocycles. The smallest absolute Gasteiger partial charge is 0.193 e. The monoisotopic (exact) mass is 455 g/mol. The van der Waals surface area contributed by atoms with Crippen LogP contribution in [0, 0.1) is 5.92 Å². The summed E-state index contributed by atoms with van der Waals surface area (Å²) < 4.78 is 7.49. The Morgan fingerprint density at radius 3 is 2.96 bits per heavy atom. The highest BCUT2D eigenvalue weighted by atomic mass is 127. The number of ether oxygens (including phenoxy) is 1. The highest BCUT2D eigenvalue weighted by Gasteiger charge is 2.19. The van der Waals surface area contributed by atoms with Crippen LogP contribution >= 0.6 is 24.0 Å². The molecule has 1 atom stereocenters. The van der Waals surface area contributed by atoms with Crippen LogP contribution in [0.3, 0.4) is 0 Å². The van der Waals surface area contributed by atoms with Gasteiger partial charge in [0.2, 0.25) is 0 Å². The molecule has 0 aliphatic carbocycles. The Morgan fingerprint density at radius 2 is 2.28 bits per heavy atom. The van der Waals surface area contributed by atoms with Gasteiger partial charge >= 0.3 is 0 Å². The van der Waals surface area contributed by atoms with Crippen molar-refractivity contribution in [3.05, 3.63) is 48.5 Å². The lowest BCUT2D eigenvalue weighted by Crippen LogP contribution is -2.41. The van der Waals surface area contributed by atoms with Gasteiger partial charge in [0.1, 0.15) is 0 Å². The highest BCUT2D eigenvalue weighted by Crippen LogP contribution is 2.15. The summed E-state index contributed by atoms with van der Waals surface area (Å²) in [5, 5.41) is 3.46. The lowest BCUT2D eigenvalue weighted by atomic mass is 10.1. The number of rotatable bonds is 5. The molecule has 0 bridgehead atoms. The average molecular weight is 455 g/mol. The molecule has 136 valence electrons. The summed E-state index contributed by atoms with van der Waals surface area (Å²) in [6, 6.07) is 8.32. The van der Waals surface area contributed by atoms with Gasteiger partial charge in [-0.15, -0.1) is 24.0 Å². The van der Waals surface area contributed by atoms with Crippen LogP contribution < -0.4 is 5.32 Å². The fraction of sp³-hybridized carbons (Fsp3) is 0.444. The molecule has 1 aliphatic heterocycles. The zero-order valence-corrected chi connectivity index (χ0v) is 17.1. The molecule has 0 radical (unpaired) electrons. The van der Waals surface area contributed by atoms with Crippen molar-refractivity contribution < 1.29 is 4.74 Å². The van der Waals surface area contributed by atoms with Crippen molar-refractivity contribution in [1.82, 2.24) is 19.8 Å². The number of guanidine groups is 1. The zero-order chi connectivity index (χ0) is 16.8. The summed E-state index contributed by atoms with van der Waals surface area (Å²) in [6.07, 6.45) is 6.70. The minimum Gasteiger partial charge on any atom is -0.381 e. The molecule has 1 fully saturated rings. The maximum atomic E-state index is 5.46. The second kappa shape index (κ2) is 9.76. The predicted molar refractivity (Wildman–Crippen MR) is 111 cm³/mol. The van der Waals surface area contributed by atoms with Crippen molar-refractivity contribution in [3.8, 4) is 5.69 Å². The molecule has 1 aromatic heterocycles. The predicted octanol–water partition coefficient (Wildman–Crippen LogP) is 2.53. The van der Waals surface area contributed by atoms with Gasteiger partial charge in [0.05, 0.1) is 18.6 Å². The molecule has 0 amide bonds. The Balaban J connectivity index is 0.00000225. The van der Waals surface area contributed by atoms with Gasteiger partial charge < -0.3 is 19.5 Å². The Kier molecular flexibility index (Phi) is 7.70. The third kappa shape index (κ3) is 5.18. The summed E-state index contributed by atoms with van der Waals surface area (Å²) in [5.74, 6) is 1.49. The number of benzene rings is 1. The number of aliphatic imine (C=N–C) groups is 1.